The number of benzene rings is 2. The number of methoxy groups -OCH3 is 1. The summed E-state index contributed by atoms with van der Waals surface area (Å²) in [5.41, 5.74) is 2.88. The molecule has 2 aromatic rings. The third kappa shape index (κ3) is 7.40. The number of nitrogens with one attached hydrogen (secondary N) is 1. The third-order valence-electron chi connectivity index (χ3n) is 4.89. The van der Waals surface area contributed by atoms with Crippen molar-refractivity contribution in [1.29, 1.82) is 0 Å². The van der Waals surface area contributed by atoms with Crippen molar-refractivity contribution in [3.63, 3.8) is 0 Å². The minimum Gasteiger partial charge on any atom is -0.499 e. The van der Waals surface area contributed by atoms with Crippen molar-refractivity contribution in [2.45, 2.75) is 52.2 Å². The van der Waals surface area contributed by atoms with Crippen molar-refractivity contribution < 1.29 is 19.0 Å². The highest BCUT2D eigenvalue weighted by molar-refractivity contribution is 9.10. The molecule has 0 aliphatic carbocycles. The minimum absolute atomic E-state index is 0.155. The smallest absolute Gasteiger partial charge is 0.265 e. The fourth-order valence-electron chi connectivity index (χ4n) is 3.05. The molecule has 0 saturated carbocycles. The van der Waals surface area contributed by atoms with Crippen molar-refractivity contribution in [2.75, 3.05) is 19.0 Å². The van der Waals surface area contributed by atoms with Gasteiger partial charge in [0.05, 0.1) is 22.9 Å². The quantitative estimate of drug-likeness (QED) is 0.361. The second-order valence-corrected chi connectivity index (χ2v) is 8.47. The van der Waals surface area contributed by atoms with E-state index in [-0.39, 0.29) is 12.0 Å². The molecule has 168 valence electrons. The van der Waals surface area contributed by atoms with Crippen LogP contribution >= 0.6 is 15.9 Å². The van der Waals surface area contributed by atoms with Gasteiger partial charge in [-0.05, 0) is 71.1 Å². The zero-order chi connectivity index (χ0) is 23.0. The Bertz CT molecular complexity index is 880. The standard InChI is InChI=1S/C25H32BrNO4/c1-7-30-17(4)14-24(29-6)19-8-11-21(12-9-19)27-25(28)18(5)31-23-13-10-20(16(2)3)15-22(23)26/h8-13,15-16,18,24H,4,7,14H2,1-3,5-6H3,(H,27,28). The van der Waals surface area contributed by atoms with Gasteiger partial charge in [0.2, 0.25) is 0 Å². The summed E-state index contributed by atoms with van der Waals surface area (Å²) in [6.45, 7) is 12.4. The summed E-state index contributed by atoms with van der Waals surface area (Å²) in [5, 5.41) is 2.89. The van der Waals surface area contributed by atoms with Gasteiger partial charge < -0.3 is 19.5 Å². The highest BCUT2D eigenvalue weighted by Crippen LogP contribution is 2.30. The lowest BCUT2D eigenvalue weighted by molar-refractivity contribution is -0.122. The Morgan fingerprint density at radius 2 is 1.74 bits per heavy atom. The molecule has 31 heavy (non-hydrogen) atoms. The van der Waals surface area contributed by atoms with Crippen LogP contribution in [0.3, 0.4) is 0 Å². The molecule has 0 bridgehead atoms. The number of halogens is 1. The van der Waals surface area contributed by atoms with Crippen LogP contribution in [0.1, 0.15) is 57.3 Å². The molecule has 0 aliphatic rings. The molecule has 2 atom stereocenters. The number of rotatable bonds is 11. The highest BCUT2D eigenvalue weighted by atomic mass is 79.9. The van der Waals surface area contributed by atoms with E-state index in [1.807, 2.05) is 49.4 Å². The fraction of sp³-hybridized carbons (Fsp3) is 0.400. The molecule has 1 N–H and O–H groups in total. The number of carbonyl (C=O) groups is 1. The molecule has 0 fully saturated rings. The van der Waals surface area contributed by atoms with Gasteiger partial charge in [0.15, 0.2) is 6.10 Å². The maximum absolute atomic E-state index is 12.6. The van der Waals surface area contributed by atoms with Crippen LogP contribution in [-0.4, -0.2) is 25.7 Å². The molecule has 0 aromatic heterocycles. The van der Waals surface area contributed by atoms with Crippen molar-refractivity contribution in [3.8, 4) is 5.75 Å². The van der Waals surface area contributed by atoms with Gasteiger partial charge in [0, 0.05) is 19.2 Å². The summed E-state index contributed by atoms with van der Waals surface area (Å²) in [6, 6.07) is 13.5. The predicted molar refractivity (Wildman–Crippen MR) is 129 cm³/mol. The van der Waals surface area contributed by atoms with E-state index in [0.717, 1.165) is 10.0 Å². The Hall–Kier alpha value is -2.31. The Balaban J connectivity index is 1.98. The minimum atomic E-state index is -0.651. The van der Waals surface area contributed by atoms with Gasteiger partial charge in [-0.3, -0.25) is 4.79 Å². The van der Waals surface area contributed by atoms with Gasteiger partial charge in [-0.1, -0.05) is 38.6 Å². The first kappa shape index (κ1) is 25.0. The Labute approximate surface area is 193 Å². The van der Waals surface area contributed by atoms with Gasteiger partial charge >= 0.3 is 0 Å². The molecule has 5 nitrogen and oxygen atoms in total. The van der Waals surface area contributed by atoms with Crippen molar-refractivity contribution in [3.05, 3.63) is 70.4 Å². The zero-order valence-corrected chi connectivity index (χ0v) is 20.5. The molecule has 6 heteroatoms. The monoisotopic (exact) mass is 489 g/mol. The summed E-state index contributed by atoms with van der Waals surface area (Å²) < 4.78 is 17.7. The van der Waals surface area contributed by atoms with Crippen LogP contribution in [0, 0.1) is 0 Å². The molecule has 0 aliphatic heterocycles. The summed E-state index contributed by atoms with van der Waals surface area (Å²) >= 11 is 3.53. The van der Waals surface area contributed by atoms with E-state index >= 15 is 0 Å². The van der Waals surface area contributed by atoms with E-state index < -0.39 is 6.10 Å². The first-order valence-corrected chi connectivity index (χ1v) is 11.2. The lowest BCUT2D eigenvalue weighted by Crippen LogP contribution is -2.30. The summed E-state index contributed by atoms with van der Waals surface area (Å²) in [5.74, 6) is 1.52. The topological polar surface area (TPSA) is 56.8 Å². The Morgan fingerprint density at radius 1 is 1.10 bits per heavy atom. The van der Waals surface area contributed by atoms with Crippen LogP contribution in [-0.2, 0) is 14.3 Å². The number of amides is 1. The predicted octanol–water partition coefficient (Wildman–Crippen LogP) is 6.61. The number of anilines is 1. The van der Waals surface area contributed by atoms with E-state index in [0.29, 0.717) is 36.1 Å². The average Bonchev–Trinajstić information content (AvgIpc) is 2.74. The van der Waals surface area contributed by atoms with Gasteiger partial charge in [0.25, 0.3) is 5.91 Å². The molecule has 2 unspecified atom stereocenters. The van der Waals surface area contributed by atoms with Crippen LogP contribution in [0.4, 0.5) is 5.69 Å². The molecule has 1 amide bonds. The lowest BCUT2D eigenvalue weighted by Gasteiger charge is -2.19. The van der Waals surface area contributed by atoms with Crippen LogP contribution < -0.4 is 10.1 Å². The first-order valence-electron chi connectivity index (χ1n) is 10.4. The van der Waals surface area contributed by atoms with E-state index in [2.05, 4.69) is 41.7 Å². The molecule has 0 heterocycles. The van der Waals surface area contributed by atoms with Crippen molar-refractivity contribution in [1.82, 2.24) is 0 Å². The number of hydrogen-bond donors (Lipinski definition) is 1. The summed E-state index contributed by atoms with van der Waals surface area (Å²) in [7, 11) is 1.66. The van der Waals surface area contributed by atoms with Crippen molar-refractivity contribution in [2.24, 2.45) is 0 Å². The summed E-state index contributed by atoms with van der Waals surface area (Å²) in [6.07, 6.45) is -0.231. The molecular formula is C25H32BrNO4. The third-order valence-corrected chi connectivity index (χ3v) is 5.51. The van der Waals surface area contributed by atoms with Gasteiger partial charge in [-0.2, -0.15) is 0 Å². The van der Waals surface area contributed by atoms with Gasteiger partial charge in [-0.25, -0.2) is 0 Å². The highest BCUT2D eigenvalue weighted by Gasteiger charge is 2.18. The SMILES string of the molecule is C=C(CC(OC)c1ccc(NC(=O)C(C)Oc2ccc(C(C)C)cc2Br)cc1)OCC. The van der Waals surface area contributed by atoms with Gasteiger partial charge in [-0.15, -0.1) is 0 Å². The molecule has 0 spiro atoms. The van der Waals surface area contributed by atoms with Gasteiger partial charge in [0.1, 0.15) is 5.75 Å². The zero-order valence-electron chi connectivity index (χ0n) is 18.9. The molecule has 2 rings (SSSR count). The number of ether oxygens (including phenoxy) is 3. The second kappa shape index (κ2) is 11.9. The first-order chi connectivity index (χ1) is 14.7. The largest absolute Gasteiger partial charge is 0.499 e. The molecule has 0 saturated heterocycles. The fourth-order valence-corrected chi connectivity index (χ4v) is 3.54. The number of carbonyl (C=O) groups excluding carboxylic acids is 1. The van der Waals surface area contributed by atoms with Crippen LogP contribution in [0.5, 0.6) is 5.75 Å². The van der Waals surface area contributed by atoms with Crippen molar-refractivity contribution >= 4 is 27.5 Å². The molecule has 0 radical (unpaired) electrons. The normalized spacial score (nSPS) is 12.9. The average molecular weight is 490 g/mol. The Kier molecular flexibility index (Phi) is 9.59. The molecule has 2 aromatic carbocycles. The van der Waals surface area contributed by atoms with Crippen LogP contribution in [0.15, 0.2) is 59.3 Å². The number of hydrogen-bond acceptors (Lipinski definition) is 4. The second-order valence-electron chi connectivity index (χ2n) is 7.62. The molecular weight excluding hydrogens is 458 g/mol. The maximum Gasteiger partial charge on any atom is 0.265 e. The summed E-state index contributed by atoms with van der Waals surface area (Å²) in [4.78, 5) is 12.6. The van der Waals surface area contributed by atoms with Crippen LogP contribution in [0.25, 0.3) is 0 Å². The Morgan fingerprint density at radius 3 is 2.29 bits per heavy atom. The maximum atomic E-state index is 12.6. The van der Waals surface area contributed by atoms with E-state index in [1.165, 1.54) is 5.56 Å². The lowest BCUT2D eigenvalue weighted by atomic mass is 10.0. The van der Waals surface area contributed by atoms with Crippen LogP contribution in [0.2, 0.25) is 0 Å². The van der Waals surface area contributed by atoms with E-state index in [4.69, 9.17) is 14.2 Å². The van der Waals surface area contributed by atoms with E-state index in [1.54, 1.807) is 14.0 Å². The van der Waals surface area contributed by atoms with E-state index in [9.17, 15) is 4.79 Å².